The van der Waals surface area contributed by atoms with Crippen molar-refractivity contribution in [1.29, 1.82) is 0 Å². The minimum absolute atomic E-state index is 0. The van der Waals surface area contributed by atoms with E-state index in [9.17, 15) is 4.79 Å². The molecule has 7 heteroatoms. The molecule has 1 aromatic rings. The van der Waals surface area contributed by atoms with Crippen LogP contribution in [0.3, 0.4) is 0 Å². The normalized spacial score (nSPS) is 19.9. The van der Waals surface area contributed by atoms with Crippen molar-refractivity contribution in [2.45, 2.75) is 51.4 Å². The summed E-state index contributed by atoms with van der Waals surface area (Å²) in [5.74, 6) is 1.13. The van der Waals surface area contributed by atoms with Crippen LogP contribution in [0.15, 0.2) is 27.8 Å². The Balaban J connectivity index is 0.00000261. The summed E-state index contributed by atoms with van der Waals surface area (Å²) in [6.07, 6.45) is 12.4. The van der Waals surface area contributed by atoms with Gasteiger partial charge in [0.05, 0.1) is 6.26 Å². The van der Waals surface area contributed by atoms with Crippen LogP contribution in [-0.2, 0) is 0 Å². The standard InChI is InChI=1S/C20H32N4O2.HI/c1-21-19(23-13-12-22-18(25)17-8-6-15-26-17)24-14-7-11-20(16-24)9-4-2-3-5-10-20;/h6,8,15H,2-5,7,9-14,16H2,1H3,(H,21,23)(H,22,25);1H. The highest BCUT2D eigenvalue weighted by molar-refractivity contribution is 14.0. The zero-order valence-corrected chi connectivity index (χ0v) is 18.7. The van der Waals surface area contributed by atoms with Crippen LogP contribution in [0.25, 0.3) is 0 Å². The van der Waals surface area contributed by atoms with E-state index in [2.05, 4.69) is 20.5 Å². The SMILES string of the molecule is CN=C(NCCNC(=O)c1ccco1)N1CCCC2(CCCCCC2)C1.I. The molecule has 1 aliphatic carbocycles. The lowest BCUT2D eigenvalue weighted by Crippen LogP contribution is -2.51. The fourth-order valence-electron chi connectivity index (χ4n) is 4.45. The number of halogens is 1. The van der Waals surface area contributed by atoms with Crippen molar-refractivity contribution in [2.24, 2.45) is 10.4 Å². The Kier molecular flexibility index (Phi) is 8.92. The number of likely N-dealkylation sites (tertiary alicyclic amines) is 1. The molecule has 0 unspecified atom stereocenters. The van der Waals surface area contributed by atoms with Gasteiger partial charge in [0.2, 0.25) is 0 Å². The lowest BCUT2D eigenvalue weighted by molar-refractivity contribution is 0.0926. The average molecular weight is 488 g/mol. The zero-order valence-electron chi connectivity index (χ0n) is 16.3. The van der Waals surface area contributed by atoms with Crippen molar-refractivity contribution in [1.82, 2.24) is 15.5 Å². The van der Waals surface area contributed by atoms with E-state index >= 15 is 0 Å². The third-order valence-corrected chi connectivity index (χ3v) is 5.78. The van der Waals surface area contributed by atoms with Crippen molar-refractivity contribution >= 4 is 35.8 Å². The second kappa shape index (κ2) is 10.9. The van der Waals surface area contributed by atoms with E-state index in [0.717, 1.165) is 19.0 Å². The molecule has 1 spiro atoms. The predicted molar refractivity (Wildman–Crippen MR) is 119 cm³/mol. The Morgan fingerprint density at radius 1 is 1.15 bits per heavy atom. The maximum Gasteiger partial charge on any atom is 0.287 e. The lowest BCUT2D eigenvalue weighted by atomic mass is 9.74. The summed E-state index contributed by atoms with van der Waals surface area (Å²) in [6.45, 7) is 3.38. The molecule has 2 aliphatic rings. The largest absolute Gasteiger partial charge is 0.459 e. The zero-order chi connectivity index (χ0) is 18.2. The van der Waals surface area contributed by atoms with Gasteiger partial charge in [0, 0.05) is 33.2 Å². The van der Waals surface area contributed by atoms with Crippen LogP contribution in [0.5, 0.6) is 0 Å². The molecule has 1 saturated heterocycles. The van der Waals surface area contributed by atoms with Crippen LogP contribution in [0.4, 0.5) is 0 Å². The Morgan fingerprint density at radius 3 is 2.52 bits per heavy atom. The summed E-state index contributed by atoms with van der Waals surface area (Å²) < 4.78 is 5.10. The van der Waals surface area contributed by atoms with Crippen molar-refractivity contribution in [3.8, 4) is 0 Å². The van der Waals surface area contributed by atoms with Crippen molar-refractivity contribution in [3.05, 3.63) is 24.2 Å². The van der Waals surface area contributed by atoms with Crippen LogP contribution < -0.4 is 10.6 Å². The Bertz CT molecular complexity index is 595. The summed E-state index contributed by atoms with van der Waals surface area (Å²) in [7, 11) is 1.85. The lowest BCUT2D eigenvalue weighted by Gasteiger charge is -2.44. The highest BCUT2D eigenvalue weighted by Gasteiger charge is 2.36. The van der Waals surface area contributed by atoms with E-state index in [1.165, 1.54) is 57.6 Å². The van der Waals surface area contributed by atoms with Gasteiger partial charge >= 0.3 is 0 Å². The van der Waals surface area contributed by atoms with E-state index in [0.29, 0.717) is 24.3 Å². The number of piperidine rings is 1. The van der Waals surface area contributed by atoms with Gasteiger partial charge in [-0.2, -0.15) is 0 Å². The monoisotopic (exact) mass is 488 g/mol. The molecule has 1 aliphatic heterocycles. The summed E-state index contributed by atoms with van der Waals surface area (Å²) in [6, 6.07) is 3.39. The molecule has 1 amide bonds. The summed E-state index contributed by atoms with van der Waals surface area (Å²) in [4.78, 5) is 18.8. The molecule has 0 atom stereocenters. The Labute approximate surface area is 179 Å². The number of hydrogen-bond acceptors (Lipinski definition) is 3. The van der Waals surface area contributed by atoms with Crippen LogP contribution in [0.2, 0.25) is 0 Å². The molecule has 1 saturated carbocycles. The van der Waals surface area contributed by atoms with Crippen LogP contribution in [0, 0.1) is 5.41 Å². The third kappa shape index (κ3) is 6.12. The molecule has 0 aromatic carbocycles. The number of hydrogen-bond donors (Lipinski definition) is 2. The van der Waals surface area contributed by atoms with Crippen LogP contribution >= 0.6 is 24.0 Å². The van der Waals surface area contributed by atoms with Crippen molar-refractivity contribution < 1.29 is 9.21 Å². The highest BCUT2D eigenvalue weighted by Crippen LogP contribution is 2.42. The number of amides is 1. The van der Waals surface area contributed by atoms with Gasteiger partial charge < -0.3 is 20.0 Å². The first-order valence-electron chi connectivity index (χ1n) is 10.00. The topological polar surface area (TPSA) is 69.9 Å². The van der Waals surface area contributed by atoms with Gasteiger partial charge in [-0.1, -0.05) is 25.7 Å². The maximum atomic E-state index is 11.9. The van der Waals surface area contributed by atoms with E-state index < -0.39 is 0 Å². The Hall–Kier alpha value is -1.25. The molecular formula is C20H33IN4O2. The quantitative estimate of drug-likeness (QED) is 0.294. The molecule has 3 rings (SSSR count). The number of nitrogens with one attached hydrogen (secondary N) is 2. The van der Waals surface area contributed by atoms with E-state index in [1.807, 2.05) is 7.05 Å². The second-order valence-electron chi connectivity index (χ2n) is 7.65. The number of carbonyl (C=O) groups excluding carboxylic acids is 1. The number of rotatable bonds is 4. The van der Waals surface area contributed by atoms with Gasteiger partial charge in [0.15, 0.2) is 11.7 Å². The van der Waals surface area contributed by atoms with Gasteiger partial charge in [-0.25, -0.2) is 0 Å². The molecule has 1 aromatic heterocycles. The molecule has 0 bridgehead atoms. The molecule has 152 valence electrons. The minimum Gasteiger partial charge on any atom is -0.459 e. The molecule has 27 heavy (non-hydrogen) atoms. The van der Waals surface area contributed by atoms with Crippen molar-refractivity contribution in [3.63, 3.8) is 0 Å². The highest BCUT2D eigenvalue weighted by atomic mass is 127. The van der Waals surface area contributed by atoms with E-state index in [4.69, 9.17) is 4.42 Å². The van der Waals surface area contributed by atoms with Crippen LogP contribution in [0.1, 0.15) is 61.9 Å². The van der Waals surface area contributed by atoms with Crippen LogP contribution in [-0.4, -0.2) is 50.0 Å². The molecule has 2 heterocycles. The number of guanidine groups is 1. The van der Waals surface area contributed by atoms with Gasteiger partial charge in [-0.3, -0.25) is 9.79 Å². The van der Waals surface area contributed by atoms with Gasteiger partial charge in [0.1, 0.15) is 0 Å². The molecule has 2 fully saturated rings. The molecule has 6 nitrogen and oxygen atoms in total. The number of carbonyl (C=O) groups is 1. The van der Waals surface area contributed by atoms with Gasteiger partial charge in [-0.15, -0.1) is 24.0 Å². The summed E-state index contributed by atoms with van der Waals surface area (Å²) in [5, 5.41) is 6.27. The first-order valence-corrected chi connectivity index (χ1v) is 10.00. The molecular weight excluding hydrogens is 455 g/mol. The maximum absolute atomic E-state index is 11.9. The first kappa shape index (κ1) is 22.0. The fraction of sp³-hybridized carbons (Fsp3) is 0.700. The third-order valence-electron chi connectivity index (χ3n) is 5.78. The molecule has 0 radical (unpaired) electrons. The fourth-order valence-corrected chi connectivity index (χ4v) is 4.45. The average Bonchev–Trinajstić information content (AvgIpc) is 3.11. The van der Waals surface area contributed by atoms with Gasteiger partial charge in [0.25, 0.3) is 5.91 Å². The number of nitrogens with zero attached hydrogens (tertiary/aromatic N) is 2. The van der Waals surface area contributed by atoms with E-state index in [-0.39, 0.29) is 29.9 Å². The first-order chi connectivity index (χ1) is 12.7. The summed E-state index contributed by atoms with van der Waals surface area (Å²) >= 11 is 0. The second-order valence-corrected chi connectivity index (χ2v) is 7.65. The summed E-state index contributed by atoms with van der Waals surface area (Å²) in [5.41, 5.74) is 0.486. The van der Waals surface area contributed by atoms with E-state index in [1.54, 1.807) is 12.1 Å². The minimum atomic E-state index is -0.179. The number of aliphatic imine (C=N–C) groups is 1. The number of furan rings is 1. The predicted octanol–water partition coefficient (Wildman–Crippen LogP) is 3.64. The van der Waals surface area contributed by atoms with Gasteiger partial charge in [-0.05, 0) is 43.2 Å². The Morgan fingerprint density at radius 2 is 1.85 bits per heavy atom. The smallest absolute Gasteiger partial charge is 0.287 e. The van der Waals surface area contributed by atoms with Crippen molar-refractivity contribution in [2.75, 3.05) is 33.2 Å². The molecule has 2 N–H and O–H groups in total.